The van der Waals surface area contributed by atoms with Gasteiger partial charge in [-0.1, -0.05) is 121 Å². The Morgan fingerprint density at radius 3 is 1.93 bits per heavy atom. The van der Waals surface area contributed by atoms with Crippen LogP contribution >= 0.6 is 0 Å². The molecule has 0 aliphatic carbocycles. The van der Waals surface area contributed by atoms with Crippen molar-refractivity contribution in [2.24, 2.45) is 0 Å². The van der Waals surface area contributed by atoms with Crippen molar-refractivity contribution in [3.05, 3.63) is 146 Å². The predicted molar refractivity (Wildman–Crippen MR) is 191 cm³/mol. The van der Waals surface area contributed by atoms with Crippen LogP contribution in [0.3, 0.4) is 0 Å². The highest BCUT2D eigenvalue weighted by atomic mass is 16.3. The zero-order valence-electron chi connectivity index (χ0n) is 24.7. The van der Waals surface area contributed by atoms with Crippen molar-refractivity contribution in [1.29, 1.82) is 0 Å². The molecule has 0 fully saturated rings. The summed E-state index contributed by atoms with van der Waals surface area (Å²) in [4.78, 5) is 2.43. The Kier molecular flexibility index (Phi) is 4.66. The van der Waals surface area contributed by atoms with Crippen molar-refractivity contribution < 1.29 is 8.83 Å². The monoisotopic (exact) mass is 585 g/mol. The first-order chi connectivity index (χ1) is 22.8. The Labute approximate surface area is 265 Å². The van der Waals surface area contributed by atoms with E-state index >= 15 is 0 Å². The molecule has 2 aliphatic rings. The summed E-state index contributed by atoms with van der Waals surface area (Å²) in [7, 11) is 0. The Morgan fingerprint density at radius 2 is 1.11 bits per heavy atom. The second-order valence-electron chi connectivity index (χ2n) is 12.4. The lowest BCUT2D eigenvalue weighted by molar-refractivity contribution is 0.666. The minimum absolute atomic E-state index is 0.0877. The molecule has 0 unspecified atom stereocenters. The van der Waals surface area contributed by atoms with Gasteiger partial charge in [-0.05, 0) is 63.5 Å². The minimum atomic E-state index is 0.0877. The molecule has 11 rings (SSSR count). The third-order valence-electron chi connectivity index (χ3n) is 10.1. The molecule has 3 nitrogen and oxygen atoms in total. The Morgan fingerprint density at radius 1 is 0.435 bits per heavy atom. The van der Waals surface area contributed by atoms with Gasteiger partial charge in [0, 0.05) is 27.2 Å². The summed E-state index contributed by atoms with van der Waals surface area (Å²) in [5.74, 6) is 0. The Balaban J connectivity index is 1.33. The van der Waals surface area contributed by atoms with Crippen LogP contribution in [0.1, 0.15) is 0 Å². The van der Waals surface area contributed by atoms with E-state index in [9.17, 15) is 0 Å². The molecule has 4 heterocycles. The first kappa shape index (κ1) is 24.3. The summed E-state index contributed by atoms with van der Waals surface area (Å²) in [6, 6.07) is 52.2. The van der Waals surface area contributed by atoms with Gasteiger partial charge in [-0.15, -0.1) is 0 Å². The fraction of sp³-hybridized carbons (Fsp3) is 0. The second-order valence-corrected chi connectivity index (χ2v) is 12.4. The van der Waals surface area contributed by atoms with Gasteiger partial charge in [-0.25, -0.2) is 0 Å². The van der Waals surface area contributed by atoms with Gasteiger partial charge in [-0.2, -0.15) is 0 Å². The largest absolute Gasteiger partial charge is 0.454 e. The van der Waals surface area contributed by atoms with E-state index in [1.54, 1.807) is 0 Å². The number of hydrogen-bond donors (Lipinski definition) is 0. The molecule has 0 saturated heterocycles. The van der Waals surface area contributed by atoms with E-state index in [1.807, 2.05) is 12.1 Å². The Bertz CT molecular complexity index is 2720. The number of nitrogens with zero attached hydrogens (tertiary/aromatic N) is 1. The van der Waals surface area contributed by atoms with Gasteiger partial charge in [-0.3, -0.25) is 0 Å². The molecule has 0 atom stereocenters. The zero-order valence-corrected chi connectivity index (χ0v) is 24.7. The smallest absolute Gasteiger partial charge is 0.248 e. The highest BCUT2D eigenvalue weighted by molar-refractivity contribution is 7.01. The average Bonchev–Trinajstić information content (AvgIpc) is 3.79. The van der Waals surface area contributed by atoms with Crippen LogP contribution in [0.5, 0.6) is 0 Å². The fourth-order valence-corrected chi connectivity index (χ4v) is 8.15. The first-order valence-electron chi connectivity index (χ1n) is 15.8. The molecule has 4 heteroatoms. The summed E-state index contributed by atoms with van der Waals surface area (Å²) in [6.07, 6.45) is 0. The molecule has 2 aromatic heterocycles. The summed E-state index contributed by atoms with van der Waals surface area (Å²) in [6.45, 7) is 0.0877. The van der Waals surface area contributed by atoms with Crippen LogP contribution in [0.15, 0.2) is 154 Å². The lowest BCUT2D eigenvalue weighted by Crippen LogP contribution is -2.54. The van der Waals surface area contributed by atoms with Crippen molar-refractivity contribution in [3.8, 4) is 22.3 Å². The highest BCUT2D eigenvalue weighted by Crippen LogP contribution is 2.49. The summed E-state index contributed by atoms with van der Waals surface area (Å²) in [5, 5.41) is 4.46. The zero-order chi connectivity index (χ0) is 29.9. The van der Waals surface area contributed by atoms with Crippen LogP contribution in [-0.2, 0) is 0 Å². The van der Waals surface area contributed by atoms with Gasteiger partial charge < -0.3 is 13.7 Å². The third kappa shape index (κ3) is 3.08. The van der Waals surface area contributed by atoms with Gasteiger partial charge in [0.2, 0.25) is 6.71 Å². The minimum Gasteiger partial charge on any atom is -0.454 e. The standard InChI is InChI=1S/C42H24BNO2/c1-2-11-25(12-3-1)26-23-32-27-13-4-7-17-33(27)43-34-22-21-31-29-15-6-9-20-38(29)46-42(31)40(34)44(36(24-26)39(32)43)35-18-10-16-30-28-14-5-8-19-37(28)45-41(30)35/h1-24H. The summed E-state index contributed by atoms with van der Waals surface area (Å²) < 4.78 is 13.5. The lowest BCUT2D eigenvalue weighted by Gasteiger charge is -2.36. The molecule has 7 aromatic carbocycles. The van der Waals surface area contributed by atoms with Crippen molar-refractivity contribution in [1.82, 2.24) is 0 Å². The molecule has 9 aromatic rings. The quantitative estimate of drug-likeness (QED) is 0.189. The molecule has 46 heavy (non-hydrogen) atoms. The molecule has 0 radical (unpaired) electrons. The molecule has 0 saturated carbocycles. The Hall–Kier alpha value is -6.00. The van der Waals surface area contributed by atoms with Crippen LogP contribution in [-0.4, -0.2) is 6.71 Å². The van der Waals surface area contributed by atoms with Crippen LogP contribution < -0.4 is 21.3 Å². The number of furan rings is 2. The second kappa shape index (κ2) is 8.80. The van der Waals surface area contributed by atoms with E-state index in [-0.39, 0.29) is 6.71 Å². The first-order valence-corrected chi connectivity index (χ1v) is 15.8. The van der Waals surface area contributed by atoms with Gasteiger partial charge in [0.05, 0.1) is 11.4 Å². The number of benzene rings is 7. The molecule has 212 valence electrons. The molecule has 0 bridgehead atoms. The van der Waals surface area contributed by atoms with Crippen molar-refractivity contribution in [2.45, 2.75) is 0 Å². The van der Waals surface area contributed by atoms with E-state index in [4.69, 9.17) is 8.83 Å². The molecule has 0 amide bonds. The van der Waals surface area contributed by atoms with Crippen molar-refractivity contribution in [2.75, 3.05) is 4.90 Å². The summed E-state index contributed by atoms with van der Waals surface area (Å²) in [5.41, 5.74) is 15.7. The number of rotatable bonds is 2. The van der Waals surface area contributed by atoms with Gasteiger partial charge in [0.25, 0.3) is 0 Å². The maximum atomic E-state index is 6.83. The van der Waals surface area contributed by atoms with Gasteiger partial charge in [0.1, 0.15) is 11.2 Å². The maximum Gasteiger partial charge on any atom is 0.248 e. The van der Waals surface area contributed by atoms with E-state index in [0.717, 1.165) is 60.9 Å². The maximum absolute atomic E-state index is 6.83. The molecular formula is C42H24BNO2. The molecule has 2 aliphatic heterocycles. The van der Waals surface area contributed by atoms with E-state index in [0.29, 0.717) is 0 Å². The number of anilines is 3. The van der Waals surface area contributed by atoms with Crippen LogP contribution in [0, 0.1) is 0 Å². The number of fused-ring (bicyclic) bond motifs is 12. The van der Waals surface area contributed by atoms with Gasteiger partial charge >= 0.3 is 0 Å². The third-order valence-corrected chi connectivity index (χ3v) is 10.1. The molecule has 0 spiro atoms. The number of para-hydroxylation sites is 3. The van der Waals surface area contributed by atoms with Crippen LogP contribution in [0.2, 0.25) is 0 Å². The fourth-order valence-electron chi connectivity index (χ4n) is 8.15. The lowest BCUT2D eigenvalue weighted by atomic mass is 9.37. The van der Waals surface area contributed by atoms with E-state index in [1.165, 1.54) is 38.6 Å². The van der Waals surface area contributed by atoms with Crippen LogP contribution in [0.4, 0.5) is 17.1 Å². The van der Waals surface area contributed by atoms with E-state index in [2.05, 4.69) is 138 Å². The van der Waals surface area contributed by atoms with E-state index < -0.39 is 0 Å². The predicted octanol–water partition coefficient (Wildman–Crippen LogP) is 9.43. The summed E-state index contributed by atoms with van der Waals surface area (Å²) >= 11 is 0. The van der Waals surface area contributed by atoms with Crippen molar-refractivity contribution >= 4 is 84.0 Å². The average molecular weight is 585 g/mol. The topological polar surface area (TPSA) is 29.5 Å². The van der Waals surface area contributed by atoms with Crippen molar-refractivity contribution in [3.63, 3.8) is 0 Å². The molecular weight excluding hydrogens is 561 g/mol. The van der Waals surface area contributed by atoms with Crippen LogP contribution in [0.25, 0.3) is 66.1 Å². The normalized spacial score (nSPS) is 13.1. The SMILES string of the molecule is c1ccc(-c2cc3c4c(c2)N(c2cccc5c2oc2ccccc25)c2c(ccc5c2oc2ccccc25)B4c2ccccc2-3)cc1. The van der Waals surface area contributed by atoms with Gasteiger partial charge in [0.15, 0.2) is 11.2 Å². The highest BCUT2D eigenvalue weighted by Gasteiger charge is 2.44. The molecule has 0 N–H and O–H groups in total. The number of hydrogen-bond acceptors (Lipinski definition) is 3.